The lowest BCUT2D eigenvalue weighted by Crippen LogP contribution is -1.77. The van der Waals surface area contributed by atoms with E-state index in [2.05, 4.69) is 5.40 Å². The predicted octanol–water partition coefficient (Wildman–Crippen LogP) is 2.00. The Hall–Kier alpha value is -0.160. The van der Waals surface area contributed by atoms with Gasteiger partial charge in [-0.3, -0.25) is 0 Å². The molecule has 0 bridgehead atoms. The smallest absolute Gasteiger partial charge is 0.133 e. The molecule has 1 rings (SSSR count). The third-order valence-electron chi connectivity index (χ3n) is 1.39. The van der Waals surface area contributed by atoms with Crippen molar-refractivity contribution < 1.29 is 0 Å². The molecule has 0 amide bonds. The second kappa shape index (κ2) is 2.99. The fourth-order valence-corrected chi connectivity index (χ4v) is 1.22. The van der Waals surface area contributed by atoms with Gasteiger partial charge in [0.2, 0.25) is 0 Å². The Balaban J connectivity index is 1.83. The zero-order valence-electron chi connectivity index (χ0n) is 4.76. The minimum atomic E-state index is 0.982. The van der Waals surface area contributed by atoms with E-state index in [1.807, 2.05) is 0 Å². The molecule has 1 aliphatic carbocycles. The fraction of sp³-hybridized carbons (Fsp3) is 0.833. The molecule has 0 atom stereocenters. The van der Waals surface area contributed by atoms with Crippen LogP contribution in [-0.4, -0.2) is 5.75 Å². The number of rotatable bonds is 3. The van der Waals surface area contributed by atoms with Gasteiger partial charge in [0.05, 0.1) is 0 Å². The first-order chi connectivity index (χ1) is 3.93. The van der Waals surface area contributed by atoms with Gasteiger partial charge in [-0.2, -0.15) is 5.26 Å². The number of nitriles is 1. The van der Waals surface area contributed by atoms with E-state index in [4.69, 9.17) is 5.26 Å². The molecule has 1 aliphatic rings. The van der Waals surface area contributed by atoms with Crippen LogP contribution in [0.2, 0.25) is 0 Å². The van der Waals surface area contributed by atoms with Crippen molar-refractivity contribution in [1.82, 2.24) is 0 Å². The molecule has 1 saturated carbocycles. The molecular weight excluding hydrogens is 118 g/mol. The van der Waals surface area contributed by atoms with Crippen molar-refractivity contribution in [1.29, 1.82) is 5.26 Å². The van der Waals surface area contributed by atoms with Gasteiger partial charge in [-0.25, -0.2) is 0 Å². The maximum atomic E-state index is 8.11. The predicted molar refractivity (Wildman–Crippen MR) is 35.4 cm³/mol. The van der Waals surface area contributed by atoms with Crippen LogP contribution in [0.5, 0.6) is 0 Å². The molecule has 1 nitrogen and oxygen atoms in total. The summed E-state index contributed by atoms with van der Waals surface area (Å²) in [6, 6.07) is 0. The van der Waals surface area contributed by atoms with Crippen LogP contribution in [0.15, 0.2) is 0 Å². The first kappa shape index (κ1) is 5.97. The van der Waals surface area contributed by atoms with Gasteiger partial charge in [-0.05, 0) is 24.1 Å². The molecule has 8 heavy (non-hydrogen) atoms. The Bertz CT molecular complexity index is 102. The molecule has 0 aromatic heterocycles. The molecule has 0 heterocycles. The van der Waals surface area contributed by atoms with Crippen molar-refractivity contribution in [2.45, 2.75) is 19.3 Å². The summed E-state index contributed by atoms with van der Waals surface area (Å²) in [6.45, 7) is 0. The number of hydrogen-bond acceptors (Lipinski definition) is 2. The molecule has 1 fully saturated rings. The van der Waals surface area contributed by atoms with Gasteiger partial charge in [0.25, 0.3) is 0 Å². The summed E-state index contributed by atoms with van der Waals surface area (Å²) in [7, 11) is 0. The highest BCUT2D eigenvalue weighted by atomic mass is 32.2. The van der Waals surface area contributed by atoms with Crippen LogP contribution in [0, 0.1) is 16.6 Å². The van der Waals surface area contributed by atoms with Crippen LogP contribution < -0.4 is 0 Å². The van der Waals surface area contributed by atoms with Crippen molar-refractivity contribution in [3.8, 4) is 5.40 Å². The van der Waals surface area contributed by atoms with E-state index >= 15 is 0 Å². The van der Waals surface area contributed by atoms with Crippen molar-refractivity contribution >= 4 is 11.8 Å². The Kier molecular flexibility index (Phi) is 2.23. The molecule has 2 heteroatoms. The maximum absolute atomic E-state index is 8.11. The highest BCUT2D eigenvalue weighted by molar-refractivity contribution is 8.03. The van der Waals surface area contributed by atoms with Gasteiger partial charge < -0.3 is 0 Å². The molecule has 0 N–H and O–H groups in total. The molecule has 44 valence electrons. The third-order valence-corrected chi connectivity index (χ3v) is 1.96. The second-order valence-corrected chi connectivity index (χ2v) is 3.05. The van der Waals surface area contributed by atoms with Gasteiger partial charge in [0.15, 0.2) is 0 Å². The van der Waals surface area contributed by atoms with E-state index < -0.39 is 0 Å². The molecule has 0 radical (unpaired) electrons. The number of thioether (sulfide) groups is 1. The van der Waals surface area contributed by atoms with Crippen molar-refractivity contribution in [3.63, 3.8) is 0 Å². The van der Waals surface area contributed by atoms with Gasteiger partial charge in [0, 0.05) is 5.75 Å². The van der Waals surface area contributed by atoms with Crippen LogP contribution in [0.25, 0.3) is 0 Å². The lowest BCUT2D eigenvalue weighted by Gasteiger charge is -1.86. The second-order valence-electron chi connectivity index (χ2n) is 2.17. The van der Waals surface area contributed by atoms with Crippen LogP contribution in [0.4, 0.5) is 0 Å². The summed E-state index contributed by atoms with van der Waals surface area (Å²) >= 11 is 1.38. The first-order valence-corrected chi connectivity index (χ1v) is 3.93. The average Bonchev–Trinajstić information content (AvgIpc) is 2.51. The number of nitrogens with zero attached hydrogens (tertiary/aromatic N) is 1. The van der Waals surface area contributed by atoms with Crippen molar-refractivity contribution in [3.05, 3.63) is 0 Å². The Morgan fingerprint density at radius 3 is 2.88 bits per heavy atom. The minimum absolute atomic E-state index is 0.982. The van der Waals surface area contributed by atoms with E-state index in [0.717, 1.165) is 11.7 Å². The first-order valence-electron chi connectivity index (χ1n) is 2.94. The van der Waals surface area contributed by atoms with E-state index in [1.54, 1.807) is 0 Å². The average molecular weight is 127 g/mol. The van der Waals surface area contributed by atoms with E-state index in [1.165, 1.54) is 31.0 Å². The summed E-state index contributed by atoms with van der Waals surface area (Å²) in [5.41, 5.74) is 0. The Labute approximate surface area is 54.1 Å². The summed E-state index contributed by atoms with van der Waals surface area (Å²) in [4.78, 5) is 0. The normalized spacial score (nSPS) is 17.9. The van der Waals surface area contributed by atoms with Crippen LogP contribution in [0.3, 0.4) is 0 Å². The summed E-state index contributed by atoms with van der Waals surface area (Å²) in [5, 5.41) is 10.2. The Morgan fingerprint density at radius 2 is 2.38 bits per heavy atom. The fourth-order valence-electron chi connectivity index (χ4n) is 0.678. The van der Waals surface area contributed by atoms with E-state index in [9.17, 15) is 0 Å². The molecule has 0 aromatic carbocycles. The number of thiocyanates is 1. The van der Waals surface area contributed by atoms with Crippen molar-refractivity contribution in [2.75, 3.05) is 5.75 Å². The van der Waals surface area contributed by atoms with Crippen LogP contribution in [-0.2, 0) is 0 Å². The van der Waals surface area contributed by atoms with Gasteiger partial charge in [-0.15, -0.1) is 0 Å². The van der Waals surface area contributed by atoms with Gasteiger partial charge in [-0.1, -0.05) is 12.8 Å². The third kappa shape index (κ3) is 2.23. The molecule has 0 aliphatic heterocycles. The van der Waals surface area contributed by atoms with Crippen LogP contribution in [0.1, 0.15) is 19.3 Å². The molecule has 0 unspecified atom stereocenters. The zero-order valence-corrected chi connectivity index (χ0v) is 5.58. The van der Waals surface area contributed by atoms with Gasteiger partial charge in [0.1, 0.15) is 5.40 Å². The lowest BCUT2D eigenvalue weighted by atomic mass is 10.3. The summed E-state index contributed by atoms with van der Waals surface area (Å²) in [6.07, 6.45) is 4.08. The Morgan fingerprint density at radius 1 is 1.62 bits per heavy atom. The number of hydrogen-bond donors (Lipinski definition) is 0. The lowest BCUT2D eigenvalue weighted by molar-refractivity contribution is 0.810. The molecule has 0 aromatic rings. The topological polar surface area (TPSA) is 23.8 Å². The summed E-state index contributed by atoms with van der Waals surface area (Å²) in [5.74, 6) is 2.03. The molecular formula is C6H9NS. The van der Waals surface area contributed by atoms with Gasteiger partial charge >= 0.3 is 0 Å². The monoisotopic (exact) mass is 127 g/mol. The largest absolute Gasteiger partial charge is 0.185 e. The quantitative estimate of drug-likeness (QED) is 0.427. The highest BCUT2D eigenvalue weighted by Gasteiger charge is 2.19. The van der Waals surface area contributed by atoms with E-state index in [-0.39, 0.29) is 0 Å². The SMILES string of the molecule is N#CSCCC1CC1. The van der Waals surface area contributed by atoms with E-state index in [0.29, 0.717) is 0 Å². The zero-order chi connectivity index (χ0) is 5.82. The molecule has 0 spiro atoms. The standard InChI is InChI=1S/C6H9NS/c7-5-8-4-3-6-1-2-6/h6H,1-4H2. The summed E-state index contributed by atoms with van der Waals surface area (Å²) < 4.78 is 0. The van der Waals surface area contributed by atoms with Crippen LogP contribution >= 0.6 is 11.8 Å². The maximum Gasteiger partial charge on any atom is 0.133 e. The van der Waals surface area contributed by atoms with Crippen molar-refractivity contribution in [2.24, 2.45) is 5.92 Å². The highest BCUT2D eigenvalue weighted by Crippen LogP contribution is 2.33. The minimum Gasteiger partial charge on any atom is -0.185 e. The molecule has 0 saturated heterocycles.